The van der Waals surface area contributed by atoms with Gasteiger partial charge in [0.2, 0.25) is 0 Å². The summed E-state index contributed by atoms with van der Waals surface area (Å²) in [5, 5.41) is 12.1. The molecule has 160 valence electrons. The van der Waals surface area contributed by atoms with Crippen molar-refractivity contribution >= 4 is 12.4 Å². The molecule has 1 fully saturated rings. The van der Waals surface area contributed by atoms with Gasteiger partial charge in [-0.25, -0.2) is 4.39 Å². The molecule has 2 aromatic carbocycles. The van der Waals surface area contributed by atoms with Crippen molar-refractivity contribution in [3.63, 3.8) is 0 Å². The van der Waals surface area contributed by atoms with Gasteiger partial charge in [0.1, 0.15) is 5.82 Å². The van der Waals surface area contributed by atoms with Crippen molar-refractivity contribution in [2.24, 2.45) is 5.92 Å². The Morgan fingerprint density at radius 2 is 1.66 bits per heavy atom. The Kier molecular flexibility index (Phi) is 9.09. The Balaban J connectivity index is 0.00000300. The monoisotopic (exact) mass is 421 g/mol. The second-order valence-electron chi connectivity index (χ2n) is 8.24. The first-order valence-electron chi connectivity index (χ1n) is 10.3. The van der Waals surface area contributed by atoms with Crippen LogP contribution in [0.1, 0.15) is 43.7 Å². The Hall–Kier alpha value is -1.46. The maximum atomic E-state index is 13.6. The molecule has 0 radical (unpaired) electrons. The molecule has 0 saturated carbocycles. The van der Waals surface area contributed by atoms with Gasteiger partial charge in [-0.2, -0.15) is 0 Å². The molecule has 1 aliphatic heterocycles. The molecule has 3 nitrogen and oxygen atoms in total. The van der Waals surface area contributed by atoms with Crippen LogP contribution in [0.4, 0.5) is 4.39 Å². The molecule has 1 N–H and O–H groups in total. The number of aliphatic hydroxyl groups is 1. The lowest BCUT2D eigenvalue weighted by atomic mass is 9.73. The topological polar surface area (TPSA) is 32.7 Å². The van der Waals surface area contributed by atoms with Gasteiger partial charge in [0.15, 0.2) is 0 Å². The number of nitrogens with zero attached hydrogens (tertiary/aromatic N) is 1. The SMILES string of the molecule is CC(C)CCC(O)(c1ccc(F)cc1)C(CN1CCOCC1)c1ccccc1.Cl. The highest BCUT2D eigenvalue weighted by atomic mass is 35.5. The van der Waals surface area contributed by atoms with Gasteiger partial charge in [0, 0.05) is 25.6 Å². The van der Waals surface area contributed by atoms with E-state index in [0.29, 0.717) is 12.3 Å². The minimum atomic E-state index is -1.06. The van der Waals surface area contributed by atoms with E-state index in [0.717, 1.165) is 50.4 Å². The first-order valence-corrected chi connectivity index (χ1v) is 10.3. The minimum Gasteiger partial charge on any atom is -0.384 e. The minimum absolute atomic E-state index is 0. The van der Waals surface area contributed by atoms with Crippen LogP contribution in [0, 0.1) is 11.7 Å². The fraction of sp³-hybridized carbons (Fsp3) is 0.500. The van der Waals surface area contributed by atoms with E-state index in [9.17, 15) is 9.50 Å². The van der Waals surface area contributed by atoms with Crippen molar-refractivity contribution < 1.29 is 14.2 Å². The molecular weight excluding hydrogens is 389 g/mol. The number of hydrogen-bond donors (Lipinski definition) is 1. The molecule has 0 spiro atoms. The third kappa shape index (κ3) is 6.26. The predicted octanol–water partition coefficient (Wildman–Crippen LogP) is 4.99. The Morgan fingerprint density at radius 3 is 2.24 bits per heavy atom. The quantitative estimate of drug-likeness (QED) is 0.651. The van der Waals surface area contributed by atoms with Gasteiger partial charge in [-0.1, -0.05) is 56.3 Å². The molecule has 5 heteroatoms. The molecule has 1 saturated heterocycles. The van der Waals surface area contributed by atoms with Crippen LogP contribution in [0.25, 0.3) is 0 Å². The van der Waals surface area contributed by atoms with E-state index in [1.807, 2.05) is 18.2 Å². The summed E-state index contributed by atoms with van der Waals surface area (Å²) in [7, 11) is 0. The number of hydrogen-bond acceptors (Lipinski definition) is 3. The maximum Gasteiger partial charge on any atom is 0.123 e. The van der Waals surface area contributed by atoms with Crippen molar-refractivity contribution in [3.05, 3.63) is 71.5 Å². The molecule has 3 rings (SSSR count). The lowest BCUT2D eigenvalue weighted by Gasteiger charge is -2.41. The van der Waals surface area contributed by atoms with Crippen LogP contribution in [0.15, 0.2) is 54.6 Å². The third-order valence-electron chi connectivity index (χ3n) is 5.77. The van der Waals surface area contributed by atoms with Crippen molar-refractivity contribution in [1.29, 1.82) is 0 Å². The molecule has 29 heavy (non-hydrogen) atoms. The fourth-order valence-electron chi connectivity index (χ4n) is 4.03. The summed E-state index contributed by atoms with van der Waals surface area (Å²) in [5.74, 6) is 0.0993. The zero-order valence-corrected chi connectivity index (χ0v) is 18.2. The smallest absolute Gasteiger partial charge is 0.123 e. The zero-order chi connectivity index (χ0) is 20.0. The van der Waals surface area contributed by atoms with Gasteiger partial charge in [-0.05, 0) is 42.0 Å². The second-order valence-corrected chi connectivity index (χ2v) is 8.24. The van der Waals surface area contributed by atoms with Crippen LogP contribution in [0.5, 0.6) is 0 Å². The molecule has 0 bridgehead atoms. The van der Waals surface area contributed by atoms with Crippen LogP contribution >= 0.6 is 12.4 Å². The van der Waals surface area contributed by atoms with Crippen molar-refractivity contribution in [2.45, 2.75) is 38.2 Å². The summed E-state index contributed by atoms with van der Waals surface area (Å²) < 4.78 is 19.1. The van der Waals surface area contributed by atoms with Crippen molar-refractivity contribution in [1.82, 2.24) is 4.90 Å². The summed E-state index contributed by atoms with van der Waals surface area (Å²) in [5.41, 5.74) is 0.846. The maximum absolute atomic E-state index is 13.6. The van der Waals surface area contributed by atoms with E-state index in [2.05, 4.69) is 30.9 Å². The van der Waals surface area contributed by atoms with E-state index in [4.69, 9.17) is 4.74 Å². The molecule has 2 atom stereocenters. The van der Waals surface area contributed by atoms with E-state index in [1.54, 1.807) is 12.1 Å². The van der Waals surface area contributed by atoms with Gasteiger partial charge in [0.05, 0.1) is 18.8 Å². The summed E-state index contributed by atoms with van der Waals surface area (Å²) >= 11 is 0. The number of halogens is 2. The Morgan fingerprint density at radius 1 is 1.03 bits per heavy atom. The lowest BCUT2D eigenvalue weighted by molar-refractivity contribution is -0.0311. The summed E-state index contributed by atoms with van der Waals surface area (Å²) in [6, 6.07) is 16.6. The highest BCUT2D eigenvalue weighted by Gasteiger charge is 2.40. The van der Waals surface area contributed by atoms with Crippen LogP contribution < -0.4 is 0 Å². The van der Waals surface area contributed by atoms with Crippen LogP contribution in [-0.4, -0.2) is 42.9 Å². The van der Waals surface area contributed by atoms with E-state index in [1.165, 1.54) is 12.1 Å². The van der Waals surface area contributed by atoms with Crippen LogP contribution in [0.2, 0.25) is 0 Å². The first kappa shape index (κ1) is 23.8. The molecular formula is C24H33ClFNO2. The average molecular weight is 422 g/mol. The second kappa shape index (κ2) is 11.1. The number of ether oxygens (including phenoxy) is 1. The molecule has 1 aliphatic rings. The largest absolute Gasteiger partial charge is 0.384 e. The molecule has 0 aromatic heterocycles. The average Bonchev–Trinajstić information content (AvgIpc) is 2.72. The molecule has 2 unspecified atom stereocenters. The highest BCUT2D eigenvalue weighted by Crippen LogP contribution is 2.42. The van der Waals surface area contributed by atoms with Crippen molar-refractivity contribution in [3.8, 4) is 0 Å². The van der Waals surface area contributed by atoms with E-state index < -0.39 is 5.60 Å². The molecule has 2 aromatic rings. The summed E-state index contributed by atoms with van der Waals surface area (Å²) in [4.78, 5) is 2.37. The Bertz CT molecular complexity index is 719. The molecule has 0 amide bonds. The summed E-state index contributed by atoms with van der Waals surface area (Å²) in [6.45, 7) is 8.28. The van der Waals surface area contributed by atoms with Gasteiger partial charge >= 0.3 is 0 Å². The highest BCUT2D eigenvalue weighted by molar-refractivity contribution is 5.85. The normalized spacial score (nSPS) is 18.1. The lowest BCUT2D eigenvalue weighted by Crippen LogP contribution is -2.45. The number of rotatable bonds is 8. The molecule has 0 aliphatic carbocycles. The van der Waals surface area contributed by atoms with Gasteiger partial charge in [-0.3, -0.25) is 4.90 Å². The van der Waals surface area contributed by atoms with Gasteiger partial charge in [0.25, 0.3) is 0 Å². The number of morpholine rings is 1. The third-order valence-corrected chi connectivity index (χ3v) is 5.77. The first-order chi connectivity index (χ1) is 13.5. The van der Waals surface area contributed by atoms with Gasteiger partial charge in [-0.15, -0.1) is 12.4 Å². The van der Waals surface area contributed by atoms with Crippen LogP contribution in [-0.2, 0) is 10.3 Å². The van der Waals surface area contributed by atoms with E-state index in [-0.39, 0.29) is 24.1 Å². The van der Waals surface area contributed by atoms with E-state index >= 15 is 0 Å². The van der Waals surface area contributed by atoms with Crippen molar-refractivity contribution in [2.75, 3.05) is 32.8 Å². The summed E-state index contributed by atoms with van der Waals surface area (Å²) in [6.07, 6.45) is 1.54. The predicted molar refractivity (Wildman–Crippen MR) is 118 cm³/mol. The standard InChI is InChI=1S/C24H32FNO2.ClH/c1-19(2)12-13-24(27,21-8-10-22(25)11-9-21)23(20-6-4-3-5-7-20)18-26-14-16-28-17-15-26;/h3-11,19,23,27H,12-18H2,1-2H3;1H. The molecule has 1 heterocycles. The number of benzene rings is 2. The fourth-order valence-corrected chi connectivity index (χ4v) is 4.03. The van der Waals surface area contributed by atoms with Gasteiger partial charge < -0.3 is 9.84 Å². The zero-order valence-electron chi connectivity index (χ0n) is 17.4. The Labute approximate surface area is 180 Å². The van der Waals surface area contributed by atoms with Crippen LogP contribution in [0.3, 0.4) is 0 Å².